The lowest BCUT2D eigenvalue weighted by Gasteiger charge is -2.34. The Labute approximate surface area is 177 Å². The third-order valence-corrected chi connectivity index (χ3v) is 6.92. The van der Waals surface area contributed by atoms with Crippen LogP contribution in [0.2, 0.25) is 0 Å². The van der Waals surface area contributed by atoms with Crippen LogP contribution in [0.1, 0.15) is 24.2 Å². The van der Waals surface area contributed by atoms with Crippen LogP contribution in [-0.4, -0.2) is 88.0 Å². The summed E-state index contributed by atoms with van der Waals surface area (Å²) >= 11 is 0. The van der Waals surface area contributed by atoms with Gasteiger partial charge in [-0.2, -0.15) is 4.31 Å². The molecule has 2 saturated heterocycles. The van der Waals surface area contributed by atoms with Crippen LogP contribution in [0.25, 0.3) is 0 Å². The molecular formula is C20H30N4O5S. The molecule has 30 heavy (non-hydrogen) atoms. The van der Waals surface area contributed by atoms with Gasteiger partial charge in [0.2, 0.25) is 15.9 Å². The lowest BCUT2D eigenvalue weighted by atomic mass is 10.1. The second-order valence-electron chi connectivity index (χ2n) is 8.07. The highest BCUT2D eigenvalue weighted by molar-refractivity contribution is 7.89. The van der Waals surface area contributed by atoms with Crippen LogP contribution in [0.4, 0.5) is 0 Å². The summed E-state index contributed by atoms with van der Waals surface area (Å²) in [7, 11) is -3.84. The summed E-state index contributed by atoms with van der Waals surface area (Å²) < 4.78 is 32.5. The highest BCUT2D eigenvalue weighted by Crippen LogP contribution is 2.18. The Hall–Kier alpha value is -2.01. The normalized spacial score (nSPS) is 21.4. The molecule has 2 amide bonds. The van der Waals surface area contributed by atoms with Crippen LogP contribution in [-0.2, 0) is 19.6 Å². The van der Waals surface area contributed by atoms with Crippen LogP contribution in [0.3, 0.4) is 0 Å². The summed E-state index contributed by atoms with van der Waals surface area (Å²) in [5, 5.41) is 5.45. The first-order valence-corrected chi connectivity index (χ1v) is 11.7. The van der Waals surface area contributed by atoms with E-state index in [1.165, 1.54) is 18.2 Å². The molecule has 1 atom stereocenters. The molecule has 0 aliphatic carbocycles. The quantitative estimate of drug-likeness (QED) is 0.615. The van der Waals surface area contributed by atoms with E-state index in [0.29, 0.717) is 19.1 Å². The van der Waals surface area contributed by atoms with Crippen molar-refractivity contribution in [1.82, 2.24) is 19.8 Å². The van der Waals surface area contributed by atoms with Crippen molar-refractivity contribution in [3.05, 3.63) is 29.8 Å². The standard InChI is InChI=1S/C20H30N4O5S/c1-15(2)12-23-8-9-29-17(13-23)11-22-20(26)16-4-3-5-18(10-16)30(27,28)24-7-6-21-19(25)14-24/h3-5,10,15,17H,6-9,11-14H2,1-2H3,(H,21,25)(H,22,26). The van der Waals surface area contributed by atoms with Crippen molar-refractivity contribution in [2.45, 2.75) is 24.8 Å². The predicted octanol–water partition coefficient (Wildman–Crippen LogP) is -0.106. The molecule has 2 fully saturated rings. The molecule has 0 aromatic heterocycles. The number of carbonyl (C=O) groups is 2. The Morgan fingerprint density at radius 3 is 2.87 bits per heavy atom. The summed E-state index contributed by atoms with van der Waals surface area (Å²) in [4.78, 5) is 26.5. The van der Waals surface area contributed by atoms with Crippen molar-refractivity contribution >= 4 is 21.8 Å². The molecule has 166 valence electrons. The van der Waals surface area contributed by atoms with Crippen molar-refractivity contribution in [3.63, 3.8) is 0 Å². The van der Waals surface area contributed by atoms with Gasteiger partial charge in [0, 0.05) is 44.8 Å². The van der Waals surface area contributed by atoms with Gasteiger partial charge in [-0.3, -0.25) is 14.5 Å². The number of carbonyl (C=O) groups excluding carboxylic acids is 2. The summed E-state index contributed by atoms with van der Waals surface area (Å²) in [5.41, 5.74) is 0.257. The Bertz CT molecular complexity index is 874. The van der Waals surface area contributed by atoms with Gasteiger partial charge in [0.1, 0.15) is 0 Å². The Morgan fingerprint density at radius 1 is 1.33 bits per heavy atom. The van der Waals surface area contributed by atoms with E-state index in [9.17, 15) is 18.0 Å². The zero-order chi connectivity index (χ0) is 21.7. The third-order valence-electron chi connectivity index (χ3n) is 5.07. The highest BCUT2D eigenvalue weighted by atomic mass is 32.2. The summed E-state index contributed by atoms with van der Waals surface area (Å²) in [6.07, 6.45) is -0.0970. The number of ether oxygens (including phenoxy) is 1. The maximum atomic E-state index is 12.8. The molecular weight excluding hydrogens is 408 g/mol. The van der Waals surface area contributed by atoms with Gasteiger partial charge >= 0.3 is 0 Å². The minimum atomic E-state index is -3.84. The SMILES string of the molecule is CC(C)CN1CCOC(CNC(=O)c2cccc(S(=O)(=O)N3CCNC(=O)C3)c2)C1. The summed E-state index contributed by atoms with van der Waals surface area (Å²) in [5.74, 6) is -0.125. The number of amides is 2. The second-order valence-corrected chi connectivity index (χ2v) is 10.0. The number of benzene rings is 1. The average molecular weight is 439 g/mol. The number of morpholine rings is 1. The highest BCUT2D eigenvalue weighted by Gasteiger charge is 2.29. The van der Waals surface area contributed by atoms with Crippen molar-refractivity contribution in [2.75, 3.05) is 52.4 Å². The molecule has 1 unspecified atom stereocenters. The van der Waals surface area contributed by atoms with Gasteiger partial charge in [-0.15, -0.1) is 0 Å². The molecule has 2 aliphatic heterocycles. The molecule has 0 bridgehead atoms. The van der Waals surface area contributed by atoms with Crippen LogP contribution in [0, 0.1) is 5.92 Å². The molecule has 3 rings (SSSR count). The zero-order valence-corrected chi connectivity index (χ0v) is 18.3. The van der Waals surface area contributed by atoms with E-state index in [-0.39, 0.29) is 48.0 Å². The topological polar surface area (TPSA) is 108 Å². The summed E-state index contributed by atoms with van der Waals surface area (Å²) in [6.45, 7) is 8.21. The van der Waals surface area contributed by atoms with E-state index in [2.05, 4.69) is 29.4 Å². The fourth-order valence-electron chi connectivity index (χ4n) is 3.66. The van der Waals surface area contributed by atoms with Crippen LogP contribution >= 0.6 is 0 Å². The zero-order valence-electron chi connectivity index (χ0n) is 17.5. The molecule has 2 heterocycles. The second kappa shape index (κ2) is 9.86. The van der Waals surface area contributed by atoms with Gasteiger partial charge in [0.15, 0.2) is 0 Å². The average Bonchev–Trinajstić information content (AvgIpc) is 2.72. The van der Waals surface area contributed by atoms with Crippen molar-refractivity contribution in [1.29, 1.82) is 0 Å². The van der Waals surface area contributed by atoms with E-state index in [1.54, 1.807) is 6.07 Å². The number of nitrogens with one attached hydrogen (secondary N) is 2. The van der Waals surface area contributed by atoms with Gasteiger partial charge in [0.05, 0.1) is 24.2 Å². The monoisotopic (exact) mass is 438 g/mol. The molecule has 1 aromatic carbocycles. The molecule has 9 nitrogen and oxygen atoms in total. The fraction of sp³-hybridized carbons (Fsp3) is 0.600. The minimum absolute atomic E-state index is 0.00174. The molecule has 0 saturated carbocycles. The van der Waals surface area contributed by atoms with Gasteiger partial charge in [-0.1, -0.05) is 19.9 Å². The first-order chi connectivity index (χ1) is 14.3. The number of piperazine rings is 1. The van der Waals surface area contributed by atoms with Crippen molar-refractivity contribution < 1.29 is 22.7 Å². The number of hydrogen-bond donors (Lipinski definition) is 2. The Balaban J connectivity index is 1.61. The predicted molar refractivity (Wildman–Crippen MR) is 112 cm³/mol. The van der Waals surface area contributed by atoms with Gasteiger partial charge < -0.3 is 15.4 Å². The smallest absolute Gasteiger partial charge is 0.251 e. The molecule has 0 radical (unpaired) electrons. The number of sulfonamides is 1. The first-order valence-electron chi connectivity index (χ1n) is 10.2. The number of hydrogen-bond acceptors (Lipinski definition) is 6. The van der Waals surface area contributed by atoms with E-state index in [1.807, 2.05) is 0 Å². The van der Waals surface area contributed by atoms with Crippen LogP contribution < -0.4 is 10.6 Å². The van der Waals surface area contributed by atoms with E-state index >= 15 is 0 Å². The van der Waals surface area contributed by atoms with E-state index in [0.717, 1.165) is 23.9 Å². The molecule has 0 spiro atoms. The van der Waals surface area contributed by atoms with E-state index < -0.39 is 10.0 Å². The van der Waals surface area contributed by atoms with Crippen molar-refractivity contribution in [2.24, 2.45) is 5.92 Å². The maximum Gasteiger partial charge on any atom is 0.251 e. The molecule has 10 heteroatoms. The first kappa shape index (κ1) is 22.7. The van der Waals surface area contributed by atoms with Crippen molar-refractivity contribution in [3.8, 4) is 0 Å². The van der Waals surface area contributed by atoms with Gasteiger partial charge in [-0.25, -0.2) is 8.42 Å². The minimum Gasteiger partial charge on any atom is -0.374 e. The lowest BCUT2D eigenvalue weighted by molar-refractivity contribution is -0.122. The van der Waals surface area contributed by atoms with Gasteiger partial charge in [-0.05, 0) is 24.1 Å². The van der Waals surface area contributed by atoms with Crippen LogP contribution in [0.5, 0.6) is 0 Å². The van der Waals surface area contributed by atoms with Gasteiger partial charge in [0.25, 0.3) is 5.91 Å². The number of nitrogens with zero attached hydrogens (tertiary/aromatic N) is 2. The summed E-state index contributed by atoms with van der Waals surface area (Å²) in [6, 6.07) is 5.90. The molecule has 2 N–H and O–H groups in total. The third kappa shape index (κ3) is 5.78. The largest absolute Gasteiger partial charge is 0.374 e. The van der Waals surface area contributed by atoms with E-state index in [4.69, 9.17) is 4.74 Å². The molecule has 1 aromatic rings. The maximum absolute atomic E-state index is 12.8. The number of rotatable bonds is 7. The Morgan fingerprint density at radius 2 is 2.13 bits per heavy atom. The van der Waals surface area contributed by atoms with Crippen LogP contribution in [0.15, 0.2) is 29.2 Å². The fourth-order valence-corrected chi connectivity index (χ4v) is 5.11. The lowest BCUT2D eigenvalue weighted by Crippen LogP contribution is -2.49. The Kier molecular flexibility index (Phi) is 7.45. The molecule has 2 aliphatic rings.